The zero-order valence-corrected chi connectivity index (χ0v) is 35.0. The summed E-state index contributed by atoms with van der Waals surface area (Å²) >= 11 is 0. The van der Waals surface area contributed by atoms with Crippen LogP contribution in [0.4, 0.5) is 5.82 Å². The third-order valence-electron chi connectivity index (χ3n) is 10.6. The predicted octanol–water partition coefficient (Wildman–Crippen LogP) is 3.32. The lowest BCUT2D eigenvalue weighted by Crippen LogP contribution is -2.66. The van der Waals surface area contributed by atoms with Crippen molar-refractivity contribution in [1.82, 2.24) is 30.1 Å². The molecule has 2 aromatic heterocycles. The number of hydrogen-bond acceptors (Lipinski definition) is 10. The summed E-state index contributed by atoms with van der Waals surface area (Å²) in [6, 6.07) is 0. The maximum atomic E-state index is 12.7. The number of ether oxygens (including phenoxy) is 2. The van der Waals surface area contributed by atoms with E-state index in [-0.39, 0.29) is 31.4 Å². The van der Waals surface area contributed by atoms with Crippen LogP contribution in [-0.2, 0) is 41.6 Å². The zero-order chi connectivity index (χ0) is 41.9. The van der Waals surface area contributed by atoms with Gasteiger partial charge >= 0.3 is 0 Å². The number of allylic oxidation sites excluding steroid dienone is 1. The average Bonchev–Trinajstić information content (AvgIpc) is 3.65. The molecule has 0 aliphatic carbocycles. The summed E-state index contributed by atoms with van der Waals surface area (Å²) in [5.41, 5.74) is 11.1. The first-order valence-electron chi connectivity index (χ1n) is 19.8. The van der Waals surface area contributed by atoms with E-state index in [0.29, 0.717) is 49.1 Å². The summed E-state index contributed by atoms with van der Waals surface area (Å²) in [5, 5.41) is 7.35. The number of aryl methyl sites for hydroxylation is 2. The van der Waals surface area contributed by atoms with Gasteiger partial charge in [-0.2, -0.15) is 0 Å². The molecule has 14 nitrogen and oxygen atoms in total. The highest BCUT2D eigenvalue weighted by Gasteiger charge is 2.48. The first-order valence-corrected chi connectivity index (χ1v) is 19.8. The average molecular weight is 779 g/mol. The van der Waals surface area contributed by atoms with Gasteiger partial charge in [0.2, 0.25) is 11.8 Å². The topological polar surface area (TPSA) is 197 Å². The highest BCUT2D eigenvalue weighted by atomic mass is 16.5. The van der Waals surface area contributed by atoms with Crippen LogP contribution in [-0.4, -0.2) is 91.6 Å². The number of nitrogens with zero attached hydrogens (tertiary/aromatic N) is 4. The van der Waals surface area contributed by atoms with Crippen molar-refractivity contribution in [2.75, 3.05) is 32.0 Å². The Morgan fingerprint density at radius 3 is 2.16 bits per heavy atom. The number of carbonyl (C=O) groups is 4. The number of imidazole rings is 1. The number of rotatable bonds is 24. The van der Waals surface area contributed by atoms with E-state index in [9.17, 15) is 19.2 Å². The van der Waals surface area contributed by atoms with E-state index < -0.39 is 34.1 Å². The largest absolute Gasteiger partial charge is 0.382 e. The fraction of sp³-hybridized carbons (Fsp3) is 0.619. The van der Waals surface area contributed by atoms with Crippen molar-refractivity contribution in [2.24, 2.45) is 5.73 Å². The van der Waals surface area contributed by atoms with Gasteiger partial charge in [-0.15, -0.1) is 0 Å². The molecule has 0 spiro atoms. The number of aromatic nitrogens is 3. The quantitative estimate of drug-likeness (QED) is 0.0907. The van der Waals surface area contributed by atoms with E-state index in [0.717, 1.165) is 60.1 Å². The monoisotopic (exact) mass is 779 g/mol. The van der Waals surface area contributed by atoms with E-state index >= 15 is 0 Å². The van der Waals surface area contributed by atoms with Crippen molar-refractivity contribution >= 4 is 53.1 Å². The van der Waals surface area contributed by atoms with Gasteiger partial charge in [-0.25, -0.2) is 9.97 Å². The van der Waals surface area contributed by atoms with Gasteiger partial charge in [0.15, 0.2) is 5.82 Å². The molecule has 6 N–H and O–H groups in total. The van der Waals surface area contributed by atoms with Crippen molar-refractivity contribution in [3.63, 3.8) is 0 Å². The van der Waals surface area contributed by atoms with Gasteiger partial charge in [-0.05, 0) is 80.6 Å². The van der Waals surface area contributed by atoms with Gasteiger partial charge in [0.1, 0.15) is 11.3 Å². The number of nitrogens with two attached hydrogens (primary N) is 2. The van der Waals surface area contributed by atoms with Crippen LogP contribution >= 0.6 is 0 Å². The number of anilines is 1. The number of nitrogen functional groups attached to an aromatic ring is 1. The van der Waals surface area contributed by atoms with Crippen LogP contribution in [0.25, 0.3) is 23.7 Å². The van der Waals surface area contributed by atoms with E-state index in [1.165, 1.54) is 12.2 Å². The molecule has 1 aliphatic rings. The van der Waals surface area contributed by atoms with Crippen LogP contribution in [0.1, 0.15) is 113 Å². The lowest BCUT2D eigenvalue weighted by Gasteiger charge is -2.46. The van der Waals surface area contributed by atoms with Crippen molar-refractivity contribution < 1.29 is 28.7 Å². The molecule has 4 amide bonds. The second-order valence-electron chi connectivity index (χ2n) is 16.6. The third-order valence-corrected chi connectivity index (χ3v) is 10.6. The highest BCUT2D eigenvalue weighted by Crippen LogP contribution is 2.31. The number of pyridine rings is 1. The Morgan fingerprint density at radius 2 is 1.52 bits per heavy atom. The smallest absolute Gasteiger partial charge is 0.254 e. The lowest BCUT2D eigenvalue weighted by molar-refractivity contribution is -0.147. The van der Waals surface area contributed by atoms with Crippen molar-refractivity contribution in [3.8, 4) is 0 Å². The summed E-state index contributed by atoms with van der Waals surface area (Å²) < 4.78 is 14.4. The molecule has 1 aliphatic heterocycles. The molecule has 14 heteroatoms. The summed E-state index contributed by atoms with van der Waals surface area (Å²) in [6.07, 6.45) is 12.0. The molecule has 0 bridgehead atoms. The van der Waals surface area contributed by atoms with E-state index in [2.05, 4.69) is 40.3 Å². The van der Waals surface area contributed by atoms with Gasteiger partial charge in [0.05, 0.1) is 40.8 Å². The summed E-state index contributed by atoms with van der Waals surface area (Å²) in [7, 11) is 0. The Bertz CT molecular complexity index is 1860. The van der Waals surface area contributed by atoms with Crippen LogP contribution in [0, 0.1) is 0 Å². The second kappa shape index (κ2) is 19.6. The fourth-order valence-corrected chi connectivity index (χ4v) is 6.59. The van der Waals surface area contributed by atoms with Crippen LogP contribution in [0.5, 0.6) is 0 Å². The molecule has 0 radical (unpaired) electrons. The number of carbonyl (C=O) groups excluding carboxylic acids is 4. The van der Waals surface area contributed by atoms with Crippen molar-refractivity contribution in [2.45, 2.75) is 142 Å². The van der Waals surface area contributed by atoms with Crippen molar-refractivity contribution in [1.29, 1.82) is 0 Å². The lowest BCUT2D eigenvalue weighted by atomic mass is 9.77. The summed E-state index contributed by atoms with van der Waals surface area (Å²) in [6.45, 7) is 25.3. The molecular formula is C42H66N8O6. The van der Waals surface area contributed by atoms with Crippen LogP contribution in [0.2, 0.25) is 0 Å². The molecule has 1 atom stereocenters. The molecule has 56 heavy (non-hydrogen) atoms. The van der Waals surface area contributed by atoms with Crippen LogP contribution < -0.4 is 32.7 Å². The Kier molecular flexibility index (Phi) is 16.1. The van der Waals surface area contributed by atoms with Crippen LogP contribution in [0.15, 0.2) is 24.8 Å². The van der Waals surface area contributed by atoms with E-state index in [4.69, 9.17) is 25.9 Å². The molecule has 3 heterocycles. The van der Waals surface area contributed by atoms with Gasteiger partial charge in [0, 0.05) is 61.8 Å². The number of unbranched alkanes of at least 4 members (excludes halogenated alkanes) is 2. The molecule has 2 aromatic rings. The SMILES string of the molecule is C=C/C=c1\c(=C)nc(N)c2nc(CCCC)n(CCCCNC(=O)CCC(C)(C)OCCC(C)(C)OCCNC(=O)CC(C)(N)C(C)(C)N3C(=O)C=CC3=O)c12. The molecule has 0 fully saturated rings. The molecule has 3 rings (SSSR count). The first-order chi connectivity index (χ1) is 26.2. The fourth-order valence-electron chi connectivity index (χ4n) is 6.59. The van der Waals surface area contributed by atoms with Gasteiger partial charge in [-0.3, -0.25) is 24.1 Å². The predicted molar refractivity (Wildman–Crippen MR) is 221 cm³/mol. The number of amides is 4. The number of fused-ring (bicyclic) bond motifs is 1. The molecule has 1 unspecified atom stereocenters. The van der Waals surface area contributed by atoms with Crippen molar-refractivity contribution in [3.05, 3.63) is 41.2 Å². The standard InChI is InChI=1S/C42H66N8O6/c1-11-13-17-31-48-36-37(30(16-12-2)29(3)47-38(36)43)49(31)25-15-14-23-45-32(51)20-21-39(4,5)55-26-22-40(6,7)56-27-24-46-33(52)28-42(10,44)41(8,9)50-34(53)18-19-35(50)54/h12,16,18-19H,2-3,11,13-15,17,20-28,44H2,1,4-10H3,(H2,43,47)(H,45,51)(H,46,52)/b30-16+. The zero-order valence-electron chi connectivity index (χ0n) is 35.0. The summed E-state index contributed by atoms with van der Waals surface area (Å²) in [5.74, 6) is 0.144. The number of nitrogens with one attached hydrogen (secondary N) is 2. The normalized spacial score (nSPS) is 15.2. The Morgan fingerprint density at radius 1 is 0.893 bits per heavy atom. The third kappa shape index (κ3) is 12.3. The Labute approximate surface area is 332 Å². The number of imide groups is 1. The molecule has 0 saturated carbocycles. The molecular weight excluding hydrogens is 713 g/mol. The van der Waals surface area contributed by atoms with Gasteiger partial charge in [0.25, 0.3) is 11.8 Å². The minimum Gasteiger partial charge on any atom is -0.382 e. The highest BCUT2D eigenvalue weighted by molar-refractivity contribution is 6.13. The van der Waals surface area contributed by atoms with Gasteiger partial charge < -0.3 is 36.1 Å². The number of hydrogen-bond donors (Lipinski definition) is 4. The first kappa shape index (κ1) is 46.0. The van der Waals surface area contributed by atoms with E-state index in [1.807, 2.05) is 33.8 Å². The maximum absolute atomic E-state index is 12.7. The Hall–Kier alpha value is -4.40. The minimum absolute atomic E-state index is 0.0129. The Balaban J connectivity index is 1.36. The van der Waals surface area contributed by atoms with Crippen LogP contribution in [0.3, 0.4) is 0 Å². The molecule has 310 valence electrons. The van der Waals surface area contributed by atoms with E-state index in [1.54, 1.807) is 26.8 Å². The second-order valence-corrected chi connectivity index (χ2v) is 16.6. The van der Waals surface area contributed by atoms with Gasteiger partial charge in [-0.1, -0.05) is 38.7 Å². The summed E-state index contributed by atoms with van der Waals surface area (Å²) in [4.78, 5) is 60.3. The maximum Gasteiger partial charge on any atom is 0.254 e. The molecule has 0 saturated heterocycles. The molecule has 0 aromatic carbocycles. The minimum atomic E-state index is -1.17.